The number of halogens is 3. The zero-order valence-electron chi connectivity index (χ0n) is 13.3. The summed E-state index contributed by atoms with van der Waals surface area (Å²) in [5.74, 6) is -0.463. The number of nitrogens with one attached hydrogen (secondary N) is 2. The molecule has 0 aromatic heterocycles. The molecule has 1 amide bonds. The molecule has 134 valence electrons. The summed E-state index contributed by atoms with van der Waals surface area (Å²) in [6.45, 7) is 1.94. The Bertz CT molecular complexity index is 552. The predicted molar refractivity (Wildman–Crippen MR) is 84.6 cm³/mol. The smallest absolute Gasteiger partial charge is 0.395 e. The molecule has 0 saturated carbocycles. The van der Waals surface area contributed by atoms with Gasteiger partial charge in [-0.05, 0) is 31.5 Å². The Morgan fingerprint density at radius 2 is 2.08 bits per heavy atom. The molecule has 1 atom stereocenters. The first-order valence-corrected chi connectivity index (χ1v) is 7.93. The second-order valence-corrected chi connectivity index (χ2v) is 5.84. The fraction of sp³-hybridized carbons (Fsp3) is 0.562. The molecule has 0 aliphatic carbocycles. The fourth-order valence-corrected chi connectivity index (χ4v) is 2.87. The van der Waals surface area contributed by atoms with Gasteiger partial charge < -0.3 is 15.7 Å². The molecular formula is C16H22F3N3O2. The minimum absolute atomic E-state index is 0.0451. The number of aliphatic hydroxyl groups excluding tert-OH is 1. The number of alkyl halides is 3. The largest absolute Gasteiger partial charge is 0.418 e. The standard InChI is InChI=1S/C16H22F3N3O2/c17-16(18,19)13-5-1-2-6-14(13)21-15(24)11-22-8-3-4-12(10-22)20-7-9-23/h1-2,5-6,12,20,23H,3-4,7-11H2,(H,21,24). The summed E-state index contributed by atoms with van der Waals surface area (Å²) in [6, 6.07) is 5.14. The number of aliphatic hydroxyl groups is 1. The number of rotatable bonds is 6. The summed E-state index contributed by atoms with van der Waals surface area (Å²) in [5, 5.41) is 14.4. The highest BCUT2D eigenvalue weighted by Crippen LogP contribution is 2.34. The first kappa shape index (κ1) is 18.7. The number of carbonyl (C=O) groups excluding carboxylic acids is 1. The Morgan fingerprint density at radius 3 is 2.79 bits per heavy atom. The minimum atomic E-state index is -4.51. The van der Waals surface area contributed by atoms with Gasteiger partial charge in [-0.1, -0.05) is 12.1 Å². The van der Waals surface area contributed by atoms with E-state index in [1.807, 2.05) is 4.90 Å². The molecule has 0 bridgehead atoms. The number of amides is 1. The van der Waals surface area contributed by atoms with Crippen LogP contribution in [0.5, 0.6) is 0 Å². The molecule has 0 spiro atoms. The number of hydrogen-bond acceptors (Lipinski definition) is 4. The summed E-state index contributed by atoms with van der Waals surface area (Å²) in [6.07, 6.45) is -2.65. The monoisotopic (exact) mass is 345 g/mol. The van der Waals surface area contributed by atoms with E-state index in [-0.39, 0.29) is 24.9 Å². The summed E-state index contributed by atoms with van der Waals surface area (Å²) in [4.78, 5) is 14.0. The van der Waals surface area contributed by atoms with Crippen LogP contribution in [0.15, 0.2) is 24.3 Å². The van der Waals surface area contributed by atoms with E-state index in [0.29, 0.717) is 13.1 Å². The van der Waals surface area contributed by atoms with E-state index in [0.717, 1.165) is 25.5 Å². The molecule has 24 heavy (non-hydrogen) atoms. The predicted octanol–water partition coefficient (Wildman–Crippen LogP) is 1.69. The van der Waals surface area contributed by atoms with Gasteiger partial charge in [0.2, 0.25) is 5.91 Å². The number of piperidine rings is 1. The zero-order chi connectivity index (χ0) is 17.6. The molecule has 1 saturated heterocycles. The van der Waals surface area contributed by atoms with Crippen LogP contribution in [-0.4, -0.2) is 54.7 Å². The molecule has 5 nitrogen and oxygen atoms in total. The first-order valence-electron chi connectivity index (χ1n) is 7.93. The highest BCUT2D eigenvalue weighted by atomic mass is 19.4. The third-order valence-corrected chi connectivity index (χ3v) is 3.92. The van der Waals surface area contributed by atoms with Crippen LogP contribution in [0.3, 0.4) is 0 Å². The Morgan fingerprint density at radius 1 is 1.33 bits per heavy atom. The highest BCUT2D eigenvalue weighted by Gasteiger charge is 2.33. The quantitative estimate of drug-likeness (QED) is 0.734. The van der Waals surface area contributed by atoms with E-state index in [2.05, 4.69) is 10.6 Å². The average molecular weight is 345 g/mol. The Hall–Kier alpha value is -1.64. The summed E-state index contributed by atoms with van der Waals surface area (Å²) < 4.78 is 38.8. The zero-order valence-corrected chi connectivity index (χ0v) is 13.3. The SMILES string of the molecule is O=C(CN1CCCC(NCCO)C1)Nc1ccccc1C(F)(F)F. The van der Waals surface area contributed by atoms with Gasteiger partial charge in [0.25, 0.3) is 0 Å². The van der Waals surface area contributed by atoms with Gasteiger partial charge in [0.15, 0.2) is 0 Å². The lowest BCUT2D eigenvalue weighted by Gasteiger charge is -2.32. The lowest BCUT2D eigenvalue weighted by molar-refractivity contribution is -0.137. The van der Waals surface area contributed by atoms with Crippen molar-refractivity contribution < 1.29 is 23.1 Å². The number of carbonyl (C=O) groups is 1. The number of likely N-dealkylation sites (tertiary alicyclic amines) is 1. The third kappa shape index (κ3) is 5.47. The van der Waals surface area contributed by atoms with Crippen molar-refractivity contribution in [1.82, 2.24) is 10.2 Å². The average Bonchev–Trinajstić information content (AvgIpc) is 2.52. The van der Waals surface area contributed by atoms with E-state index < -0.39 is 17.6 Å². The van der Waals surface area contributed by atoms with Gasteiger partial charge in [-0.15, -0.1) is 0 Å². The lowest BCUT2D eigenvalue weighted by Crippen LogP contribution is -2.48. The lowest BCUT2D eigenvalue weighted by atomic mass is 10.1. The van der Waals surface area contributed by atoms with Crippen LogP contribution >= 0.6 is 0 Å². The molecule has 1 aromatic rings. The number of benzene rings is 1. The third-order valence-electron chi connectivity index (χ3n) is 3.92. The van der Waals surface area contributed by atoms with Crippen LogP contribution in [0.1, 0.15) is 18.4 Å². The van der Waals surface area contributed by atoms with Crippen LogP contribution < -0.4 is 10.6 Å². The van der Waals surface area contributed by atoms with Gasteiger partial charge in [0.05, 0.1) is 24.4 Å². The van der Waals surface area contributed by atoms with Gasteiger partial charge in [-0.25, -0.2) is 0 Å². The van der Waals surface area contributed by atoms with E-state index >= 15 is 0 Å². The van der Waals surface area contributed by atoms with Crippen LogP contribution in [0, 0.1) is 0 Å². The Kier molecular flexibility index (Phi) is 6.59. The Balaban J connectivity index is 1.92. The molecular weight excluding hydrogens is 323 g/mol. The van der Waals surface area contributed by atoms with E-state index in [9.17, 15) is 18.0 Å². The van der Waals surface area contributed by atoms with Crippen LogP contribution in [0.25, 0.3) is 0 Å². The molecule has 1 fully saturated rings. The molecule has 0 radical (unpaired) electrons. The van der Waals surface area contributed by atoms with Crippen molar-refractivity contribution in [2.45, 2.75) is 25.1 Å². The molecule has 1 aliphatic rings. The maximum Gasteiger partial charge on any atom is 0.418 e. The molecule has 1 heterocycles. The van der Waals surface area contributed by atoms with Crippen LogP contribution in [0.2, 0.25) is 0 Å². The van der Waals surface area contributed by atoms with Crippen molar-refractivity contribution >= 4 is 11.6 Å². The van der Waals surface area contributed by atoms with Crippen molar-refractivity contribution in [3.8, 4) is 0 Å². The van der Waals surface area contributed by atoms with Gasteiger partial charge in [-0.3, -0.25) is 9.69 Å². The van der Waals surface area contributed by atoms with E-state index in [4.69, 9.17) is 5.11 Å². The maximum absolute atomic E-state index is 12.9. The number of anilines is 1. The molecule has 3 N–H and O–H groups in total. The van der Waals surface area contributed by atoms with Crippen molar-refractivity contribution in [3.05, 3.63) is 29.8 Å². The van der Waals surface area contributed by atoms with Crippen molar-refractivity contribution in [3.63, 3.8) is 0 Å². The van der Waals surface area contributed by atoms with Crippen molar-refractivity contribution in [2.24, 2.45) is 0 Å². The van der Waals surface area contributed by atoms with Gasteiger partial charge >= 0.3 is 6.18 Å². The molecule has 1 aliphatic heterocycles. The molecule has 1 aromatic carbocycles. The summed E-state index contributed by atoms with van der Waals surface area (Å²) in [5.41, 5.74) is -1.07. The second-order valence-electron chi connectivity index (χ2n) is 5.84. The Labute approximate surface area is 138 Å². The van der Waals surface area contributed by atoms with E-state index in [1.54, 1.807) is 0 Å². The second kappa shape index (κ2) is 8.46. The summed E-state index contributed by atoms with van der Waals surface area (Å²) in [7, 11) is 0. The number of nitrogens with zero attached hydrogens (tertiary/aromatic N) is 1. The van der Waals surface area contributed by atoms with E-state index in [1.165, 1.54) is 18.2 Å². The van der Waals surface area contributed by atoms with Crippen LogP contribution in [-0.2, 0) is 11.0 Å². The van der Waals surface area contributed by atoms with Gasteiger partial charge in [0, 0.05) is 19.1 Å². The molecule has 8 heteroatoms. The topological polar surface area (TPSA) is 64.6 Å². The number of hydrogen-bond donors (Lipinski definition) is 3. The highest BCUT2D eigenvalue weighted by molar-refractivity contribution is 5.93. The van der Waals surface area contributed by atoms with Crippen LogP contribution in [0.4, 0.5) is 18.9 Å². The van der Waals surface area contributed by atoms with Crippen molar-refractivity contribution in [1.29, 1.82) is 0 Å². The normalized spacial score (nSPS) is 19.2. The summed E-state index contributed by atoms with van der Waals surface area (Å²) >= 11 is 0. The molecule has 2 rings (SSSR count). The number of para-hydroxylation sites is 1. The first-order chi connectivity index (χ1) is 11.4. The fourth-order valence-electron chi connectivity index (χ4n) is 2.87. The van der Waals surface area contributed by atoms with Gasteiger partial charge in [-0.2, -0.15) is 13.2 Å². The minimum Gasteiger partial charge on any atom is -0.395 e. The van der Waals surface area contributed by atoms with Gasteiger partial charge in [0.1, 0.15) is 0 Å². The molecule has 1 unspecified atom stereocenters. The van der Waals surface area contributed by atoms with Crippen molar-refractivity contribution in [2.75, 3.05) is 38.1 Å². The maximum atomic E-state index is 12.9.